The predicted octanol–water partition coefficient (Wildman–Crippen LogP) is 4.21. The average Bonchev–Trinajstić information content (AvgIpc) is 3.38. The molecule has 0 saturated heterocycles. The van der Waals surface area contributed by atoms with E-state index in [1.807, 2.05) is 17.5 Å². The maximum Gasteiger partial charge on any atom is 0.422 e. The number of nitrogens with zero attached hydrogens (tertiary/aromatic N) is 2. The van der Waals surface area contributed by atoms with Crippen LogP contribution >= 0.6 is 11.3 Å². The number of nitrogens with one attached hydrogen (secondary N) is 2. The summed E-state index contributed by atoms with van der Waals surface area (Å²) in [6.07, 6.45) is -2.76. The van der Waals surface area contributed by atoms with Crippen molar-refractivity contribution in [2.24, 2.45) is 4.99 Å². The van der Waals surface area contributed by atoms with Gasteiger partial charge < -0.3 is 19.8 Å². The molecule has 6 nitrogen and oxygen atoms in total. The number of hydrogen-bond acceptors (Lipinski definition) is 5. The highest BCUT2D eigenvalue weighted by Gasteiger charge is 2.28. The lowest BCUT2D eigenvalue weighted by Gasteiger charge is -2.12. The molecule has 0 radical (unpaired) electrons. The van der Waals surface area contributed by atoms with Crippen molar-refractivity contribution < 1.29 is 22.3 Å². The second-order valence-electron chi connectivity index (χ2n) is 5.95. The highest BCUT2D eigenvalue weighted by atomic mass is 32.1. The summed E-state index contributed by atoms with van der Waals surface area (Å²) in [5.74, 6) is 1.30. The molecule has 0 aliphatic carbocycles. The fourth-order valence-corrected chi connectivity index (χ4v) is 3.01. The van der Waals surface area contributed by atoms with Gasteiger partial charge in [0, 0.05) is 13.6 Å². The minimum absolute atomic E-state index is 0.168. The van der Waals surface area contributed by atoms with Crippen LogP contribution in [-0.4, -0.2) is 30.8 Å². The molecule has 154 valence electrons. The van der Waals surface area contributed by atoms with E-state index in [-0.39, 0.29) is 5.75 Å². The number of aromatic nitrogens is 1. The van der Waals surface area contributed by atoms with Gasteiger partial charge in [-0.2, -0.15) is 13.2 Å². The molecule has 3 rings (SSSR count). The SMILES string of the molecule is CN=C(NCc1ccc(OCC(F)(F)F)cc1)NCc1coc(-c2cccs2)n1. The van der Waals surface area contributed by atoms with Crippen LogP contribution in [0.4, 0.5) is 13.2 Å². The van der Waals surface area contributed by atoms with E-state index in [2.05, 4.69) is 20.6 Å². The second-order valence-corrected chi connectivity index (χ2v) is 6.90. The van der Waals surface area contributed by atoms with Gasteiger partial charge in [-0.3, -0.25) is 4.99 Å². The molecule has 0 amide bonds. The summed E-state index contributed by atoms with van der Waals surface area (Å²) >= 11 is 1.55. The number of benzene rings is 1. The maximum atomic E-state index is 12.2. The Morgan fingerprint density at radius 3 is 2.59 bits per heavy atom. The number of ether oxygens (including phenoxy) is 1. The number of aliphatic imine (C=N–C) groups is 1. The number of rotatable bonds is 7. The number of thiophene rings is 1. The molecule has 0 spiro atoms. The summed E-state index contributed by atoms with van der Waals surface area (Å²) in [5, 5.41) is 8.22. The van der Waals surface area contributed by atoms with Crippen molar-refractivity contribution in [2.45, 2.75) is 19.3 Å². The average molecular weight is 424 g/mol. The smallest absolute Gasteiger partial charge is 0.422 e. The Bertz CT molecular complexity index is 922. The van der Waals surface area contributed by atoms with Crippen molar-refractivity contribution in [3.05, 3.63) is 59.3 Å². The van der Waals surface area contributed by atoms with Gasteiger partial charge >= 0.3 is 6.18 Å². The minimum atomic E-state index is -4.35. The van der Waals surface area contributed by atoms with Crippen LogP contribution in [0.15, 0.2) is 57.5 Å². The number of alkyl halides is 3. The van der Waals surface area contributed by atoms with Crippen molar-refractivity contribution >= 4 is 17.3 Å². The highest BCUT2D eigenvalue weighted by molar-refractivity contribution is 7.13. The van der Waals surface area contributed by atoms with E-state index in [1.54, 1.807) is 36.8 Å². The molecule has 0 aliphatic rings. The minimum Gasteiger partial charge on any atom is -0.484 e. The molecular formula is C19H19F3N4O2S. The first kappa shape index (κ1) is 20.7. The van der Waals surface area contributed by atoms with Crippen LogP contribution in [0.1, 0.15) is 11.3 Å². The fraction of sp³-hybridized carbons (Fsp3) is 0.263. The summed E-state index contributed by atoms with van der Waals surface area (Å²) in [6.45, 7) is -0.436. The molecule has 0 saturated carbocycles. The third-order valence-corrected chi connectivity index (χ3v) is 4.59. The summed E-state index contributed by atoms with van der Waals surface area (Å²) in [5.41, 5.74) is 1.61. The molecule has 2 aromatic heterocycles. The van der Waals surface area contributed by atoms with Crippen LogP contribution in [-0.2, 0) is 13.1 Å². The van der Waals surface area contributed by atoms with Gasteiger partial charge in [0.2, 0.25) is 5.89 Å². The monoisotopic (exact) mass is 424 g/mol. The number of guanidine groups is 1. The molecule has 2 N–H and O–H groups in total. The Kier molecular flexibility index (Phi) is 6.76. The van der Waals surface area contributed by atoms with Crippen molar-refractivity contribution in [2.75, 3.05) is 13.7 Å². The lowest BCUT2D eigenvalue weighted by atomic mass is 10.2. The number of halogens is 3. The summed E-state index contributed by atoms with van der Waals surface area (Å²) in [6, 6.07) is 10.3. The lowest BCUT2D eigenvalue weighted by molar-refractivity contribution is -0.153. The molecule has 3 aromatic rings. The molecule has 0 fully saturated rings. The Hall–Kier alpha value is -3.01. The standard InChI is InChI=1S/C19H19F3N4O2S/c1-23-18(25-10-14-11-27-17(26-14)16-3-2-8-29-16)24-9-13-4-6-15(7-5-13)28-12-19(20,21)22/h2-8,11H,9-10,12H2,1H3,(H2,23,24,25). The molecule has 1 aromatic carbocycles. The third kappa shape index (κ3) is 6.53. The van der Waals surface area contributed by atoms with Gasteiger partial charge in [0.15, 0.2) is 12.6 Å². The van der Waals surface area contributed by atoms with E-state index < -0.39 is 12.8 Å². The quantitative estimate of drug-likeness (QED) is 0.439. The first-order chi connectivity index (χ1) is 13.9. The van der Waals surface area contributed by atoms with Gasteiger partial charge in [-0.15, -0.1) is 11.3 Å². The normalized spacial score (nSPS) is 12.1. The van der Waals surface area contributed by atoms with Gasteiger partial charge in [0.05, 0.1) is 17.1 Å². The van der Waals surface area contributed by atoms with Crippen molar-refractivity contribution in [1.82, 2.24) is 15.6 Å². The van der Waals surface area contributed by atoms with Gasteiger partial charge in [-0.05, 0) is 29.1 Å². The molecule has 10 heteroatoms. The van der Waals surface area contributed by atoms with E-state index in [0.717, 1.165) is 16.1 Å². The Morgan fingerprint density at radius 1 is 1.17 bits per heavy atom. The van der Waals surface area contributed by atoms with Gasteiger partial charge in [0.1, 0.15) is 12.0 Å². The summed E-state index contributed by atoms with van der Waals surface area (Å²) < 4.78 is 46.7. The van der Waals surface area contributed by atoms with E-state index in [1.165, 1.54) is 12.1 Å². The first-order valence-corrected chi connectivity index (χ1v) is 9.52. The van der Waals surface area contributed by atoms with Crippen LogP contribution in [0.25, 0.3) is 10.8 Å². The lowest BCUT2D eigenvalue weighted by Crippen LogP contribution is -2.36. The summed E-state index contributed by atoms with van der Waals surface area (Å²) in [7, 11) is 1.64. The number of hydrogen-bond donors (Lipinski definition) is 2. The van der Waals surface area contributed by atoms with E-state index >= 15 is 0 Å². The molecular weight excluding hydrogens is 405 g/mol. The van der Waals surface area contributed by atoms with Crippen LogP contribution in [0.3, 0.4) is 0 Å². The van der Waals surface area contributed by atoms with Crippen LogP contribution in [0.2, 0.25) is 0 Å². The van der Waals surface area contributed by atoms with Crippen LogP contribution in [0, 0.1) is 0 Å². The zero-order valence-corrected chi connectivity index (χ0v) is 16.3. The van der Waals surface area contributed by atoms with Crippen molar-refractivity contribution in [3.63, 3.8) is 0 Å². The summed E-state index contributed by atoms with van der Waals surface area (Å²) in [4.78, 5) is 9.52. The van der Waals surface area contributed by atoms with Gasteiger partial charge in [-0.1, -0.05) is 18.2 Å². The maximum absolute atomic E-state index is 12.2. The third-order valence-electron chi connectivity index (χ3n) is 3.73. The largest absolute Gasteiger partial charge is 0.484 e. The van der Waals surface area contributed by atoms with Crippen molar-refractivity contribution in [1.29, 1.82) is 0 Å². The van der Waals surface area contributed by atoms with Crippen LogP contribution < -0.4 is 15.4 Å². The Labute approximate surface area is 169 Å². The van der Waals surface area contributed by atoms with Gasteiger partial charge in [-0.25, -0.2) is 4.98 Å². The predicted molar refractivity (Wildman–Crippen MR) is 105 cm³/mol. The van der Waals surface area contributed by atoms with Gasteiger partial charge in [0.25, 0.3) is 0 Å². The fourth-order valence-electron chi connectivity index (χ4n) is 2.35. The van der Waals surface area contributed by atoms with E-state index in [0.29, 0.717) is 24.9 Å². The molecule has 0 bridgehead atoms. The zero-order chi connectivity index (χ0) is 20.7. The van der Waals surface area contributed by atoms with E-state index in [4.69, 9.17) is 9.15 Å². The molecule has 29 heavy (non-hydrogen) atoms. The van der Waals surface area contributed by atoms with Crippen molar-refractivity contribution in [3.8, 4) is 16.5 Å². The topological polar surface area (TPSA) is 71.7 Å². The van der Waals surface area contributed by atoms with Crippen LogP contribution in [0.5, 0.6) is 5.75 Å². The number of oxazole rings is 1. The molecule has 0 unspecified atom stereocenters. The molecule has 0 aliphatic heterocycles. The second kappa shape index (κ2) is 9.46. The Morgan fingerprint density at radius 2 is 1.93 bits per heavy atom. The molecule has 2 heterocycles. The first-order valence-electron chi connectivity index (χ1n) is 8.64. The Balaban J connectivity index is 1.46. The van der Waals surface area contributed by atoms with E-state index in [9.17, 15) is 13.2 Å². The highest BCUT2D eigenvalue weighted by Crippen LogP contribution is 2.23. The zero-order valence-electron chi connectivity index (χ0n) is 15.5. The molecule has 0 atom stereocenters.